The van der Waals surface area contributed by atoms with E-state index in [4.69, 9.17) is 0 Å². The molecule has 1 aliphatic heterocycles. The first kappa shape index (κ1) is 17.9. The van der Waals surface area contributed by atoms with E-state index in [1.54, 1.807) is 0 Å². The molecule has 0 aliphatic carbocycles. The van der Waals surface area contributed by atoms with E-state index in [0.29, 0.717) is 24.4 Å². The SMILES string of the molecule is CCCCN1C(=O)C(c2ccccc2)=C(N(CC)c2ccccc2)C1=O. The molecule has 1 aliphatic rings. The summed E-state index contributed by atoms with van der Waals surface area (Å²) < 4.78 is 0. The van der Waals surface area contributed by atoms with Crippen LogP contribution in [0.2, 0.25) is 0 Å². The minimum absolute atomic E-state index is 0.195. The van der Waals surface area contributed by atoms with Crippen LogP contribution >= 0.6 is 0 Å². The number of carbonyl (C=O) groups excluding carboxylic acids is 2. The van der Waals surface area contributed by atoms with E-state index in [1.807, 2.05) is 72.5 Å². The molecule has 2 amide bonds. The van der Waals surface area contributed by atoms with Gasteiger partial charge in [-0.05, 0) is 31.0 Å². The lowest BCUT2D eigenvalue weighted by molar-refractivity contribution is -0.136. The number of unbranched alkanes of at least 4 members (excludes halogenated alkanes) is 1. The highest BCUT2D eigenvalue weighted by Crippen LogP contribution is 2.34. The smallest absolute Gasteiger partial charge is 0.278 e. The Balaban J connectivity index is 2.13. The molecule has 1 heterocycles. The molecule has 0 spiro atoms. The summed E-state index contributed by atoms with van der Waals surface area (Å²) in [5.41, 5.74) is 2.68. The van der Waals surface area contributed by atoms with E-state index >= 15 is 0 Å². The fourth-order valence-electron chi connectivity index (χ4n) is 3.28. The molecule has 2 aromatic rings. The number of nitrogens with zero attached hydrogens (tertiary/aromatic N) is 2. The van der Waals surface area contributed by atoms with Crippen LogP contribution in [0, 0.1) is 0 Å². The maximum atomic E-state index is 13.2. The first-order chi connectivity index (χ1) is 12.7. The number of carbonyl (C=O) groups is 2. The molecule has 0 unspecified atom stereocenters. The highest BCUT2D eigenvalue weighted by Gasteiger charge is 2.41. The molecule has 134 valence electrons. The molecule has 0 saturated heterocycles. The topological polar surface area (TPSA) is 40.6 Å². The number of likely N-dealkylation sites (N-methyl/N-ethyl adjacent to an activating group) is 1. The Hall–Kier alpha value is -2.88. The first-order valence-corrected chi connectivity index (χ1v) is 9.17. The monoisotopic (exact) mass is 348 g/mol. The van der Waals surface area contributed by atoms with Crippen molar-refractivity contribution in [3.05, 3.63) is 71.9 Å². The third kappa shape index (κ3) is 3.27. The number of anilines is 1. The third-order valence-corrected chi connectivity index (χ3v) is 4.60. The van der Waals surface area contributed by atoms with Crippen molar-refractivity contribution in [3.8, 4) is 0 Å². The molecular weight excluding hydrogens is 324 g/mol. The highest BCUT2D eigenvalue weighted by atomic mass is 16.2. The van der Waals surface area contributed by atoms with Gasteiger partial charge in [0.25, 0.3) is 11.8 Å². The van der Waals surface area contributed by atoms with Gasteiger partial charge in [-0.3, -0.25) is 14.5 Å². The number of para-hydroxylation sites is 1. The molecule has 3 rings (SSSR count). The molecule has 0 atom stereocenters. The van der Waals surface area contributed by atoms with E-state index < -0.39 is 0 Å². The lowest BCUT2D eigenvalue weighted by atomic mass is 10.0. The van der Waals surface area contributed by atoms with E-state index in [9.17, 15) is 9.59 Å². The van der Waals surface area contributed by atoms with E-state index in [-0.39, 0.29) is 11.8 Å². The predicted octanol–water partition coefficient (Wildman–Crippen LogP) is 4.09. The average molecular weight is 348 g/mol. The van der Waals surface area contributed by atoms with Gasteiger partial charge >= 0.3 is 0 Å². The molecular formula is C22H24N2O2. The normalized spacial score (nSPS) is 14.3. The standard InChI is InChI=1S/C22H24N2O2/c1-3-5-16-24-21(25)19(17-12-8-6-9-13-17)20(22(24)26)23(4-2)18-14-10-7-11-15-18/h6-15H,3-5,16H2,1-2H3. The lowest BCUT2D eigenvalue weighted by Gasteiger charge is -2.24. The van der Waals surface area contributed by atoms with Gasteiger partial charge in [0.05, 0.1) is 5.57 Å². The fourth-order valence-corrected chi connectivity index (χ4v) is 3.28. The van der Waals surface area contributed by atoms with Gasteiger partial charge in [0.15, 0.2) is 0 Å². The fraction of sp³-hybridized carbons (Fsp3) is 0.273. The van der Waals surface area contributed by atoms with Gasteiger partial charge in [-0.25, -0.2) is 0 Å². The lowest BCUT2D eigenvalue weighted by Crippen LogP contribution is -2.36. The molecule has 2 aromatic carbocycles. The Morgan fingerprint density at radius 2 is 1.46 bits per heavy atom. The van der Waals surface area contributed by atoms with Crippen LogP contribution in [0.1, 0.15) is 32.3 Å². The second kappa shape index (κ2) is 8.00. The van der Waals surface area contributed by atoms with Gasteiger partial charge in [0.2, 0.25) is 0 Å². The second-order valence-electron chi connectivity index (χ2n) is 6.28. The Morgan fingerprint density at radius 1 is 0.846 bits per heavy atom. The van der Waals surface area contributed by atoms with Crippen LogP contribution in [-0.2, 0) is 9.59 Å². The van der Waals surface area contributed by atoms with Crippen molar-refractivity contribution in [2.75, 3.05) is 18.0 Å². The first-order valence-electron chi connectivity index (χ1n) is 9.17. The van der Waals surface area contributed by atoms with Gasteiger partial charge < -0.3 is 4.90 Å². The van der Waals surface area contributed by atoms with Crippen LogP contribution in [0.25, 0.3) is 5.57 Å². The molecule has 0 saturated carbocycles. The Labute approximate surface area is 154 Å². The minimum Gasteiger partial charge on any atom is -0.337 e. The maximum Gasteiger partial charge on any atom is 0.278 e. The van der Waals surface area contributed by atoms with Crippen LogP contribution < -0.4 is 4.90 Å². The minimum atomic E-state index is -0.201. The number of imide groups is 1. The van der Waals surface area contributed by atoms with E-state index in [2.05, 4.69) is 6.92 Å². The summed E-state index contributed by atoms with van der Waals surface area (Å²) in [4.78, 5) is 29.6. The van der Waals surface area contributed by atoms with Crippen LogP contribution in [-0.4, -0.2) is 29.8 Å². The molecule has 0 aromatic heterocycles. The summed E-state index contributed by atoms with van der Waals surface area (Å²) in [6.45, 7) is 5.12. The Bertz CT molecular complexity index is 813. The zero-order valence-electron chi connectivity index (χ0n) is 15.3. The molecule has 0 fully saturated rings. The van der Waals surface area contributed by atoms with Crippen molar-refractivity contribution in [2.24, 2.45) is 0 Å². The maximum absolute atomic E-state index is 13.2. The molecule has 4 heteroatoms. The zero-order valence-corrected chi connectivity index (χ0v) is 15.3. The van der Waals surface area contributed by atoms with Crippen LogP contribution in [0.15, 0.2) is 66.4 Å². The van der Waals surface area contributed by atoms with Crippen LogP contribution in [0.3, 0.4) is 0 Å². The summed E-state index contributed by atoms with van der Waals surface area (Å²) in [5, 5.41) is 0. The van der Waals surface area contributed by atoms with Gasteiger partial charge in [0, 0.05) is 18.8 Å². The van der Waals surface area contributed by atoms with E-state index in [1.165, 1.54) is 4.90 Å². The van der Waals surface area contributed by atoms with Crippen molar-refractivity contribution < 1.29 is 9.59 Å². The Kier molecular flexibility index (Phi) is 5.52. The molecule has 0 radical (unpaired) electrons. The van der Waals surface area contributed by atoms with Gasteiger partial charge in [0.1, 0.15) is 5.70 Å². The van der Waals surface area contributed by atoms with Crippen molar-refractivity contribution in [1.82, 2.24) is 4.90 Å². The molecule has 4 nitrogen and oxygen atoms in total. The van der Waals surface area contributed by atoms with Crippen molar-refractivity contribution in [2.45, 2.75) is 26.7 Å². The van der Waals surface area contributed by atoms with E-state index in [0.717, 1.165) is 24.1 Å². The summed E-state index contributed by atoms with van der Waals surface area (Å²) in [7, 11) is 0. The third-order valence-electron chi connectivity index (χ3n) is 4.60. The molecule has 26 heavy (non-hydrogen) atoms. The van der Waals surface area contributed by atoms with Crippen molar-refractivity contribution in [1.29, 1.82) is 0 Å². The summed E-state index contributed by atoms with van der Waals surface area (Å²) >= 11 is 0. The molecule has 0 N–H and O–H groups in total. The van der Waals surface area contributed by atoms with Gasteiger partial charge in [-0.2, -0.15) is 0 Å². The highest BCUT2D eigenvalue weighted by molar-refractivity contribution is 6.36. The average Bonchev–Trinajstić information content (AvgIpc) is 2.93. The number of hydrogen-bond donors (Lipinski definition) is 0. The summed E-state index contributed by atoms with van der Waals surface area (Å²) in [6, 6.07) is 19.2. The van der Waals surface area contributed by atoms with Gasteiger partial charge in [-0.1, -0.05) is 61.9 Å². The second-order valence-corrected chi connectivity index (χ2v) is 6.28. The van der Waals surface area contributed by atoms with Crippen LogP contribution in [0.4, 0.5) is 5.69 Å². The Morgan fingerprint density at radius 3 is 2.04 bits per heavy atom. The summed E-state index contributed by atoms with van der Waals surface area (Å²) in [6.07, 6.45) is 1.74. The number of benzene rings is 2. The van der Waals surface area contributed by atoms with Crippen molar-refractivity contribution in [3.63, 3.8) is 0 Å². The number of amides is 2. The largest absolute Gasteiger partial charge is 0.337 e. The predicted molar refractivity (Wildman–Crippen MR) is 104 cm³/mol. The van der Waals surface area contributed by atoms with Crippen molar-refractivity contribution >= 4 is 23.1 Å². The van der Waals surface area contributed by atoms with Gasteiger partial charge in [-0.15, -0.1) is 0 Å². The van der Waals surface area contributed by atoms with Crippen LogP contribution in [0.5, 0.6) is 0 Å². The quantitative estimate of drug-likeness (QED) is 0.708. The number of hydrogen-bond acceptors (Lipinski definition) is 3. The zero-order chi connectivity index (χ0) is 18.5. The number of rotatable bonds is 7. The molecule has 0 bridgehead atoms. The summed E-state index contributed by atoms with van der Waals surface area (Å²) in [5.74, 6) is -0.396.